The number of rotatable bonds is 5. The number of hydrogen-bond acceptors (Lipinski definition) is 4. The van der Waals surface area contributed by atoms with Crippen molar-refractivity contribution in [3.63, 3.8) is 0 Å². The van der Waals surface area contributed by atoms with Gasteiger partial charge >= 0.3 is 0 Å². The number of unbranched alkanes of at least 4 members (excludes halogenated alkanes) is 1. The molecule has 0 radical (unpaired) electrons. The standard InChI is InChI=1S/C14H16FN3O/c1-2-3-8-18(19)10-13-9-16-14(17-13)11-4-6-12(15)7-5-11/h4-7,9-10,19H,2-3,8H2,1H3/b13-10+. The summed E-state index contributed by atoms with van der Waals surface area (Å²) in [6.07, 6.45) is 5.04. The van der Waals surface area contributed by atoms with Crippen LogP contribution in [0, 0.1) is 5.82 Å². The summed E-state index contributed by atoms with van der Waals surface area (Å²) in [4.78, 5) is 8.41. The summed E-state index contributed by atoms with van der Waals surface area (Å²) in [5, 5.41) is 10.7. The molecule has 1 N–H and O–H groups in total. The summed E-state index contributed by atoms with van der Waals surface area (Å²) in [7, 11) is 0. The van der Waals surface area contributed by atoms with Crippen LogP contribution in [-0.2, 0) is 0 Å². The van der Waals surface area contributed by atoms with Gasteiger partial charge in [-0.15, -0.1) is 0 Å². The maximum Gasteiger partial charge on any atom is 0.159 e. The summed E-state index contributed by atoms with van der Waals surface area (Å²) >= 11 is 0. The first-order valence-electron chi connectivity index (χ1n) is 6.25. The first-order valence-corrected chi connectivity index (χ1v) is 6.25. The zero-order valence-electron chi connectivity index (χ0n) is 10.8. The van der Waals surface area contributed by atoms with Gasteiger partial charge in [0.1, 0.15) is 11.5 Å². The van der Waals surface area contributed by atoms with Crippen molar-refractivity contribution in [2.45, 2.75) is 19.8 Å². The Morgan fingerprint density at radius 1 is 1.32 bits per heavy atom. The van der Waals surface area contributed by atoms with Crippen LogP contribution in [-0.4, -0.2) is 28.9 Å². The van der Waals surface area contributed by atoms with Crippen molar-refractivity contribution >= 4 is 12.1 Å². The van der Waals surface area contributed by atoms with Crippen molar-refractivity contribution in [3.8, 4) is 0 Å². The molecule has 0 atom stereocenters. The molecule has 1 heterocycles. The van der Waals surface area contributed by atoms with E-state index in [1.807, 2.05) is 0 Å². The normalized spacial score (nSPS) is 15.9. The second kappa shape index (κ2) is 6.24. The van der Waals surface area contributed by atoms with Crippen LogP contribution in [0.2, 0.25) is 0 Å². The summed E-state index contributed by atoms with van der Waals surface area (Å²) in [6, 6.07) is 5.99. The summed E-state index contributed by atoms with van der Waals surface area (Å²) in [5.41, 5.74) is 1.33. The van der Waals surface area contributed by atoms with E-state index in [1.165, 1.54) is 18.3 Å². The molecular weight excluding hydrogens is 245 g/mol. The van der Waals surface area contributed by atoms with Crippen molar-refractivity contribution in [2.75, 3.05) is 6.54 Å². The Morgan fingerprint density at radius 2 is 2.05 bits per heavy atom. The van der Waals surface area contributed by atoms with Crippen LogP contribution in [0.4, 0.5) is 4.39 Å². The van der Waals surface area contributed by atoms with Gasteiger partial charge in [-0.05, 0) is 30.7 Å². The molecule has 5 heteroatoms. The van der Waals surface area contributed by atoms with Gasteiger partial charge in [0.15, 0.2) is 5.84 Å². The van der Waals surface area contributed by atoms with E-state index in [0.717, 1.165) is 23.5 Å². The maximum atomic E-state index is 12.8. The van der Waals surface area contributed by atoms with E-state index < -0.39 is 0 Å². The number of benzene rings is 1. The lowest BCUT2D eigenvalue weighted by molar-refractivity contribution is -0.0419. The number of halogens is 1. The predicted molar refractivity (Wildman–Crippen MR) is 72.9 cm³/mol. The third kappa shape index (κ3) is 3.72. The second-order valence-electron chi connectivity index (χ2n) is 4.27. The molecule has 0 aromatic heterocycles. The SMILES string of the molecule is CCCCN(O)/C=C1\C=NC(c2ccc(F)cc2)=N1. The molecule has 1 aromatic carbocycles. The van der Waals surface area contributed by atoms with Crippen LogP contribution in [0.25, 0.3) is 0 Å². The van der Waals surface area contributed by atoms with Crippen molar-refractivity contribution < 1.29 is 9.60 Å². The molecule has 0 fully saturated rings. The highest BCUT2D eigenvalue weighted by atomic mass is 19.1. The second-order valence-corrected chi connectivity index (χ2v) is 4.27. The van der Waals surface area contributed by atoms with Crippen molar-refractivity contribution in [1.82, 2.24) is 5.06 Å². The monoisotopic (exact) mass is 261 g/mol. The third-order valence-corrected chi connectivity index (χ3v) is 2.68. The summed E-state index contributed by atoms with van der Waals surface area (Å²) in [6.45, 7) is 2.62. The molecule has 2 rings (SSSR count). The Balaban J connectivity index is 2.07. The topological polar surface area (TPSA) is 48.2 Å². The number of hydrogen-bond donors (Lipinski definition) is 1. The zero-order valence-corrected chi connectivity index (χ0v) is 10.8. The molecule has 0 bridgehead atoms. The van der Waals surface area contributed by atoms with Gasteiger partial charge in [-0.1, -0.05) is 13.3 Å². The molecule has 4 nitrogen and oxygen atoms in total. The fourth-order valence-corrected chi connectivity index (χ4v) is 1.64. The molecular formula is C14H16FN3O. The minimum Gasteiger partial charge on any atom is -0.289 e. The molecule has 100 valence electrons. The van der Waals surface area contributed by atoms with Gasteiger partial charge in [0.2, 0.25) is 0 Å². The van der Waals surface area contributed by atoms with E-state index in [9.17, 15) is 9.60 Å². The maximum absolute atomic E-state index is 12.8. The molecule has 0 aliphatic carbocycles. The Labute approximate surface area is 111 Å². The van der Waals surface area contributed by atoms with Gasteiger partial charge in [-0.2, -0.15) is 0 Å². The molecule has 0 saturated heterocycles. The Morgan fingerprint density at radius 3 is 2.74 bits per heavy atom. The van der Waals surface area contributed by atoms with Crippen LogP contribution in [0.15, 0.2) is 46.1 Å². The van der Waals surface area contributed by atoms with Crippen LogP contribution >= 0.6 is 0 Å². The van der Waals surface area contributed by atoms with Gasteiger partial charge in [0.25, 0.3) is 0 Å². The first kappa shape index (κ1) is 13.4. The minimum atomic E-state index is -0.289. The quantitative estimate of drug-likeness (QED) is 0.828. The Kier molecular flexibility index (Phi) is 4.41. The fourth-order valence-electron chi connectivity index (χ4n) is 1.64. The van der Waals surface area contributed by atoms with Gasteiger partial charge < -0.3 is 0 Å². The van der Waals surface area contributed by atoms with Crippen molar-refractivity contribution in [3.05, 3.63) is 47.5 Å². The van der Waals surface area contributed by atoms with E-state index in [1.54, 1.807) is 18.3 Å². The molecule has 0 amide bonds. The van der Waals surface area contributed by atoms with Gasteiger partial charge in [-0.25, -0.2) is 14.4 Å². The molecule has 0 spiro atoms. The van der Waals surface area contributed by atoms with E-state index in [4.69, 9.17) is 0 Å². The molecule has 1 aliphatic heterocycles. The summed E-state index contributed by atoms with van der Waals surface area (Å²) in [5.74, 6) is 0.235. The average Bonchev–Trinajstić information content (AvgIpc) is 2.85. The lowest BCUT2D eigenvalue weighted by Gasteiger charge is -2.10. The summed E-state index contributed by atoms with van der Waals surface area (Å²) < 4.78 is 12.8. The van der Waals surface area contributed by atoms with Gasteiger partial charge in [0, 0.05) is 12.1 Å². The van der Waals surface area contributed by atoms with Crippen molar-refractivity contribution in [2.24, 2.45) is 9.98 Å². The molecule has 1 aromatic rings. The van der Waals surface area contributed by atoms with Gasteiger partial charge in [-0.3, -0.25) is 10.3 Å². The fraction of sp³-hybridized carbons (Fsp3) is 0.286. The van der Waals surface area contributed by atoms with Crippen LogP contribution in [0.1, 0.15) is 25.3 Å². The number of hydroxylamine groups is 2. The molecule has 0 unspecified atom stereocenters. The van der Waals surface area contributed by atoms with E-state index in [2.05, 4.69) is 16.9 Å². The van der Waals surface area contributed by atoms with Gasteiger partial charge in [0.05, 0.1) is 12.4 Å². The minimum absolute atomic E-state index is 0.289. The van der Waals surface area contributed by atoms with E-state index >= 15 is 0 Å². The first-order chi connectivity index (χ1) is 9.19. The molecule has 1 aliphatic rings. The molecule has 19 heavy (non-hydrogen) atoms. The predicted octanol–water partition coefficient (Wildman–Crippen LogP) is 2.99. The lowest BCUT2D eigenvalue weighted by atomic mass is 10.2. The lowest BCUT2D eigenvalue weighted by Crippen LogP contribution is -2.13. The number of amidine groups is 1. The zero-order chi connectivity index (χ0) is 13.7. The van der Waals surface area contributed by atoms with Crippen LogP contribution in [0.3, 0.4) is 0 Å². The smallest absolute Gasteiger partial charge is 0.159 e. The highest BCUT2D eigenvalue weighted by Crippen LogP contribution is 2.12. The molecule has 0 saturated carbocycles. The van der Waals surface area contributed by atoms with E-state index in [0.29, 0.717) is 18.1 Å². The van der Waals surface area contributed by atoms with Crippen molar-refractivity contribution in [1.29, 1.82) is 0 Å². The van der Waals surface area contributed by atoms with Crippen LogP contribution < -0.4 is 0 Å². The van der Waals surface area contributed by atoms with Crippen LogP contribution in [0.5, 0.6) is 0 Å². The average molecular weight is 261 g/mol. The highest BCUT2D eigenvalue weighted by molar-refractivity contribution is 6.10. The Hall–Kier alpha value is -2.01. The Bertz CT molecular complexity index is 520. The number of nitrogens with zero attached hydrogens (tertiary/aromatic N) is 3. The van der Waals surface area contributed by atoms with E-state index in [-0.39, 0.29) is 5.82 Å². The number of aliphatic imine (C=N–C) groups is 2. The largest absolute Gasteiger partial charge is 0.289 e. The highest BCUT2D eigenvalue weighted by Gasteiger charge is 2.09. The third-order valence-electron chi connectivity index (χ3n) is 2.68. The number of allylic oxidation sites excluding steroid dienone is 1.